The van der Waals surface area contributed by atoms with Gasteiger partial charge in [0.2, 0.25) is 11.8 Å². The van der Waals surface area contributed by atoms with E-state index in [0.717, 1.165) is 32.7 Å². The van der Waals surface area contributed by atoms with Crippen LogP contribution in [0.15, 0.2) is 90.3 Å². The second-order valence-electron chi connectivity index (χ2n) is 9.80. The topological polar surface area (TPSA) is 129 Å². The maximum Gasteiger partial charge on any atom is 0.234 e. The lowest BCUT2D eigenvalue weighted by molar-refractivity contribution is -0.114. The number of carbonyl (C=O) groups is 2. The fourth-order valence-electron chi connectivity index (χ4n) is 4.98. The lowest BCUT2D eigenvalue weighted by atomic mass is 10.1. The van der Waals surface area contributed by atoms with Crippen LogP contribution >= 0.6 is 34.9 Å². The fourth-order valence-corrected chi connectivity index (χ4v) is 7.60. The van der Waals surface area contributed by atoms with Crippen LogP contribution in [0.1, 0.15) is 0 Å². The van der Waals surface area contributed by atoms with Crippen LogP contribution in [0.2, 0.25) is 0 Å². The molecular formula is C32H24N4O6S3. The Labute approximate surface area is 268 Å². The molecule has 13 heteroatoms. The van der Waals surface area contributed by atoms with Crippen molar-refractivity contribution >= 4 is 102 Å². The predicted octanol–water partition coefficient (Wildman–Crippen LogP) is 7.82. The highest BCUT2D eigenvalue weighted by atomic mass is 32.2. The molecule has 0 atom stereocenters. The molecule has 0 aliphatic carbocycles. The lowest BCUT2D eigenvalue weighted by Gasteiger charge is -2.10. The summed E-state index contributed by atoms with van der Waals surface area (Å²) >= 11 is 3.84. The van der Waals surface area contributed by atoms with E-state index in [4.69, 9.17) is 18.3 Å². The fraction of sp³-hybridized carbons (Fsp3) is 0.125. The van der Waals surface area contributed by atoms with E-state index in [2.05, 4.69) is 20.8 Å². The minimum atomic E-state index is -0.229. The van der Waals surface area contributed by atoms with Gasteiger partial charge in [0.15, 0.2) is 8.68 Å². The van der Waals surface area contributed by atoms with Crippen molar-refractivity contribution in [3.63, 3.8) is 0 Å². The SMILES string of the molecule is COc1cc2c(cc1NC(=O)CSc1nnc(SCC(=O)Nc3cc4oc5ccccc5c4cc3OC)s1)oc1ccccc12. The van der Waals surface area contributed by atoms with Gasteiger partial charge in [-0.05, 0) is 24.3 Å². The van der Waals surface area contributed by atoms with Gasteiger partial charge in [-0.1, -0.05) is 71.3 Å². The molecule has 0 radical (unpaired) electrons. The van der Waals surface area contributed by atoms with E-state index in [0.29, 0.717) is 42.7 Å². The first-order chi connectivity index (χ1) is 22.0. The average Bonchev–Trinajstić information content (AvgIpc) is 3.76. The van der Waals surface area contributed by atoms with Gasteiger partial charge in [-0.3, -0.25) is 9.59 Å². The third-order valence-electron chi connectivity index (χ3n) is 6.99. The Morgan fingerprint density at radius 2 is 1.11 bits per heavy atom. The number of ether oxygens (including phenoxy) is 2. The summed E-state index contributed by atoms with van der Waals surface area (Å²) in [5, 5.41) is 17.9. The molecule has 0 aliphatic rings. The summed E-state index contributed by atoms with van der Waals surface area (Å²) in [5.41, 5.74) is 3.88. The normalized spacial score (nSPS) is 11.4. The first kappa shape index (κ1) is 29.0. The van der Waals surface area contributed by atoms with Gasteiger partial charge in [0, 0.05) is 33.7 Å². The number of carbonyl (C=O) groups excluding carboxylic acids is 2. The van der Waals surface area contributed by atoms with Gasteiger partial charge < -0.3 is 28.9 Å². The molecule has 7 rings (SSSR count). The first-order valence-electron chi connectivity index (χ1n) is 13.7. The molecular weight excluding hydrogens is 633 g/mol. The molecule has 45 heavy (non-hydrogen) atoms. The molecule has 3 heterocycles. The summed E-state index contributed by atoms with van der Waals surface area (Å²) in [4.78, 5) is 25.6. The predicted molar refractivity (Wildman–Crippen MR) is 179 cm³/mol. The number of benzene rings is 4. The second kappa shape index (κ2) is 12.3. The summed E-state index contributed by atoms with van der Waals surface area (Å²) < 4.78 is 24.2. The number of nitrogens with one attached hydrogen (secondary N) is 2. The third kappa shape index (κ3) is 5.89. The molecule has 226 valence electrons. The summed E-state index contributed by atoms with van der Waals surface area (Å²) in [6, 6.07) is 22.8. The number of fused-ring (bicyclic) bond motifs is 6. The van der Waals surface area contributed by atoms with Gasteiger partial charge in [0.1, 0.15) is 33.8 Å². The standard InChI is InChI=1S/C32H24N4O6S3/c1-39-27-11-19-17-7-3-5-9-23(17)41-25(19)13-21(27)33-29(37)15-43-31-35-36-32(45-31)44-16-30(38)34-22-14-26-20(12-28(22)40-2)18-8-4-6-10-24(18)42-26/h3-14H,15-16H2,1-2H3,(H,33,37)(H,34,38). The van der Waals surface area contributed by atoms with Crippen molar-refractivity contribution in [1.82, 2.24) is 10.2 Å². The first-order valence-corrected chi connectivity index (χ1v) is 16.4. The van der Waals surface area contributed by atoms with Crippen molar-refractivity contribution in [2.45, 2.75) is 8.68 Å². The van der Waals surface area contributed by atoms with Crippen molar-refractivity contribution in [2.75, 3.05) is 36.4 Å². The van der Waals surface area contributed by atoms with E-state index >= 15 is 0 Å². The van der Waals surface area contributed by atoms with Crippen LogP contribution < -0.4 is 20.1 Å². The smallest absolute Gasteiger partial charge is 0.234 e. The van der Waals surface area contributed by atoms with Crippen LogP contribution in [0.5, 0.6) is 11.5 Å². The van der Waals surface area contributed by atoms with E-state index in [9.17, 15) is 9.59 Å². The Morgan fingerprint density at radius 3 is 1.56 bits per heavy atom. The molecule has 2 amide bonds. The maximum atomic E-state index is 12.8. The highest BCUT2D eigenvalue weighted by molar-refractivity contribution is 8.03. The van der Waals surface area contributed by atoms with E-state index in [1.807, 2.05) is 60.7 Å². The molecule has 0 spiro atoms. The second-order valence-corrected chi connectivity index (χ2v) is 13.2. The van der Waals surface area contributed by atoms with Crippen molar-refractivity contribution < 1.29 is 27.9 Å². The van der Waals surface area contributed by atoms with Gasteiger partial charge in [0.25, 0.3) is 0 Å². The zero-order valence-corrected chi connectivity index (χ0v) is 26.4. The Balaban J connectivity index is 0.948. The zero-order chi connectivity index (χ0) is 30.9. The van der Waals surface area contributed by atoms with E-state index in [1.165, 1.54) is 34.9 Å². The molecule has 4 aromatic carbocycles. The van der Waals surface area contributed by atoms with Crippen molar-refractivity contribution in [3.8, 4) is 11.5 Å². The highest BCUT2D eigenvalue weighted by Gasteiger charge is 2.17. The van der Waals surface area contributed by atoms with Crippen LogP contribution in [0.4, 0.5) is 11.4 Å². The van der Waals surface area contributed by atoms with E-state index < -0.39 is 0 Å². The number of rotatable bonds is 10. The molecule has 10 nitrogen and oxygen atoms in total. The minimum Gasteiger partial charge on any atom is -0.495 e. The zero-order valence-electron chi connectivity index (χ0n) is 23.9. The number of amides is 2. The number of aromatic nitrogens is 2. The Hall–Kier alpha value is -4.72. The largest absolute Gasteiger partial charge is 0.495 e. The molecule has 7 aromatic rings. The van der Waals surface area contributed by atoms with Crippen LogP contribution in [0, 0.1) is 0 Å². The van der Waals surface area contributed by atoms with Gasteiger partial charge in [-0.15, -0.1) is 10.2 Å². The van der Waals surface area contributed by atoms with Crippen molar-refractivity contribution in [3.05, 3.63) is 72.8 Å². The molecule has 0 bridgehead atoms. The van der Waals surface area contributed by atoms with Crippen LogP contribution in [-0.4, -0.2) is 47.7 Å². The molecule has 3 aromatic heterocycles. The number of hydrogen-bond acceptors (Lipinski definition) is 11. The number of furan rings is 2. The molecule has 2 N–H and O–H groups in total. The van der Waals surface area contributed by atoms with Crippen LogP contribution in [-0.2, 0) is 9.59 Å². The highest BCUT2D eigenvalue weighted by Crippen LogP contribution is 2.38. The molecule has 0 saturated carbocycles. The van der Waals surface area contributed by atoms with Gasteiger partial charge >= 0.3 is 0 Å². The number of nitrogens with zero attached hydrogens (tertiary/aromatic N) is 2. The maximum absolute atomic E-state index is 12.8. The van der Waals surface area contributed by atoms with Crippen molar-refractivity contribution in [2.24, 2.45) is 0 Å². The quantitative estimate of drug-likeness (QED) is 0.141. The molecule has 0 fully saturated rings. The monoisotopic (exact) mass is 656 g/mol. The lowest BCUT2D eigenvalue weighted by Crippen LogP contribution is -2.14. The van der Waals surface area contributed by atoms with Crippen LogP contribution in [0.3, 0.4) is 0 Å². The van der Waals surface area contributed by atoms with Crippen molar-refractivity contribution in [1.29, 1.82) is 0 Å². The number of para-hydroxylation sites is 2. The molecule has 0 unspecified atom stereocenters. The number of thioether (sulfide) groups is 2. The Bertz CT molecular complexity index is 2070. The Kier molecular flexibility index (Phi) is 7.96. The summed E-state index contributed by atoms with van der Waals surface area (Å²) in [5.74, 6) is 0.850. The van der Waals surface area contributed by atoms with Gasteiger partial charge in [0.05, 0.1) is 37.1 Å². The van der Waals surface area contributed by atoms with Gasteiger partial charge in [-0.25, -0.2) is 0 Å². The van der Waals surface area contributed by atoms with E-state index in [-0.39, 0.29) is 23.3 Å². The number of anilines is 2. The number of hydrogen-bond donors (Lipinski definition) is 2. The average molecular weight is 657 g/mol. The summed E-state index contributed by atoms with van der Waals surface area (Å²) in [6.07, 6.45) is 0. The van der Waals surface area contributed by atoms with Gasteiger partial charge in [-0.2, -0.15) is 0 Å². The van der Waals surface area contributed by atoms with E-state index in [1.54, 1.807) is 26.4 Å². The Morgan fingerprint density at radius 1 is 0.667 bits per heavy atom. The third-order valence-corrected chi connectivity index (χ3v) is 10.2. The minimum absolute atomic E-state index is 0.116. The number of methoxy groups -OCH3 is 2. The summed E-state index contributed by atoms with van der Waals surface area (Å²) in [7, 11) is 3.12. The molecule has 0 saturated heterocycles. The summed E-state index contributed by atoms with van der Waals surface area (Å²) in [6.45, 7) is 0. The molecule has 0 aliphatic heterocycles. The van der Waals surface area contributed by atoms with Crippen LogP contribution in [0.25, 0.3) is 43.9 Å².